The number of rotatable bonds is 4. The lowest BCUT2D eigenvalue weighted by Gasteiger charge is -2.09. The molecule has 15 heavy (non-hydrogen) atoms. The summed E-state index contributed by atoms with van der Waals surface area (Å²) >= 11 is 3.26. The van der Waals surface area contributed by atoms with Crippen LogP contribution < -0.4 is 0 Å². The van der Waals surface area contributed by atoms with E-state index in [4.69, 9.17) is 9.47 Å². The van der Waals surface area contributed by atoms with Crippen LogP contribution in [0.2, 0.25) is 0 Å². The average molecular weight is 244 g/mol. The van der Waals surface area contributed by atoms with E-state index < -0.39 is 0 Å². The van der Waals surface area contributed by atoms with Crippen molar-refractivity contribution in [1.29, 1.82) is 0 Å². The highest BCUT2D eigenvalue weighted by Crippen LogP contribution is 2.33. The third-order valence-electron chi connectivity index (χ3n) is 2.13. The minimum atomic E-state index is -0.267. The quantitative estimate of drug-likeness (QED) is 0.762. The van der Waals surface area contributed by atoms with E-state index in [0.717, 1.165) is 22.5 Å². The number of hydrogen-bond donors (Lipinski definition) is 0. The summed E-state index contributed by atoms with van der Waals surface area (Å²) in [5, 5.41) is 0. The number of thioether (sulfide) groups is 1. The minimum Gasteiger partial charge on any atom is -0.346 e. The van der Waals surface area contributed by atoms with Crippen LogP contribution in [-0.4, -0.2) is 25.8 Å². The van der Waals surface area contributed by atoms with Crippen LogP contribution in [0.3, 0.4) is 0 Å². The van der Waals surface area contributed by atoms with E-state index in [0.29, 0.717) is 13.2 Å². The third-order valence-corrected chi connectivity index (χ3v) is 3.96. The van der Waals surface area contributed by atoms with Gasteiger partial charge in [-0.1, -0.05) is 0 Å². The summed E-state index contributed by atoms with van der Waals surface area (Å²) < 4.78 is 10.9. The van der Waals surface area contributed by atoms with Gasteiger partial charge in [0, 0.05) is 16.2 Å². The minimum absolute atomic E-state index is 0.267. The maximum absolute atomic E-state index is 10.7. The van der Waals surface area contributed by atoms with Gasteiger partial charge in [0.25, 0.3) is 0 Å². The second kappa shape index (κ2) is 5.12. The molecule has 1 aromatic rings. The first-order chi connectivity index (χ1) is 7.35. The molecule has 0 spiro atoms. The highest BCUT2D eigenvalue weighted by atomic mass is 32.2. The molecule has 0 N–H and O–H groups in total. The van der Waals surface area contributed by atoms with Gasteiger partial charge in [-0.15, -0.1) is 11.3 Å². The molecule has 2 heterocycles. The van der Waals surface area contributed by atoms with Gasteiger partial charge in [0.05, 0.1) is 18.1 Å². The first-order valence-electron chi connectivity index (χ1n) is 4.65. The van der Waals surface area contributed by atoms with Crippen molar-refractivity contribution in [2.75, 3.05) is 19.5 Å². The molecule has 3 nitrogen and oxygen atoms in total. The van der Waals surface area contributed by atoms with Crippen molar-refractivity contribution >= 4 is 29.4 Å². The van der Waals surface area contributed by atoms with Gasteiger partial charge >= 0.3 is 0 Å². The Bertz CT molecular complexity index is 342. The van der Waals surface area contributed by atoms with E-state index in [1.54, 1.807) is 11.8 Å². The number of carbonyl (C=O) groups is 1. The Morgan fingerprint density at radius 2 is 2.33 bits per heavy atom. The summed E-state index contributed by atoms with van der Waals surface area (Å²) in [6.45, 7) is 1.27. The summed E-state index contributed by atoms with van der Waals surface area (Å²) in [4.78, 5) is 12.6. The van der Waals surface area contributed by atoms with Crippen LogP contribution in [0.15, 0.2) is 6.07 Å². The predicted octanol–water partition coefficient (Wildman–Crippen LogP) is 2.47. The van der Waals surface area contributed by atoms with Crippen molar-refractivity contribution in [2.45, 2.75) is 12.0 Å². The Labute approximate surface area is 96.8 Å². The second-order valence-electron chi connectivity index (χ2n) is 3.15. The molecule has 0 aromatic carbocycles. The molecular formula is C10H12O3S2. The Hall–Kier alpha value is -0.360. The van der Waals surface area contributed by atoms with Gasteiger partial charge in [-0.25, -0.2) is 0 Å². The van der Waals surface area contributed by atoms with Crippen molar-refractivity contribution in [1.82, 2.24) is 0 Å². The van der Waals surface area contributed by atoms with Gasteiger partial charge in [-0.05, 0) is 12.3 Å². The molecule has 2 rings (SSSR count). The van der Waals surface area contributed by atoms with E-state index in [9.17, 15) is 4.79 Å². The number of aldehydes is 1. The average Bonchev–Trinajstić information content (AvgIpc) is 2.85. The molecule has 1 saturated heterocycles. The molecule has 82 valence electrons. The molecule has 0 atom stereocenters. The number of carbonyl (C=O) groups excluding carboxylic acids is 1. The highest BCUT2D eigenvalue weighted by molar-refractivity contribution is 7.97. The number of thiophene rings is 1. The molecule has 1 aromatic heterocycles. The first kappa shape index (κ1) is 11.1. The molecule has 0 radical (unpaired) electrons. The van der Waals surface area contributed by atoms with Gasteiger partial charge in [-0.3, -0.25) is 4.79 Å². The smallest absolute Gasteiger partial charge is 0.185 e. The Morgan fingerprint density at radius 1 is 1.60 bits per heavy atom. The van der Waals surface area contributed by atoms with Gasteiger partial charge in [-0.2, -0.15) is 11.8 Å². The van der Waals surface area contributed by atoms with Crippen LogP contribution >= 0.6 is 23.1 Å². The summed E-state index contributed by atoms with van der Waals surface area (Å²) in [5.74, 6) is 0.900. The van der Waals surface area contributed by atoms with Crippen LogP contribution in [0, 0.1) is 0 Å². The lowest BCUT2D eigenvalue weighted by molar-refractivity contribution is -0.0442. The van der Waals surface area contributed by atoms with Crippen LogP contribution in [0.1, 0.15) is 26.4 Å². The van der Waals surface area contributed by atoms with Gasteiger partial charge < -0.3 is 9.47 Å². The Kier molecular flexibility index (Phi) is 3.80. The molecule has 1 fully saturated rings. The zero-order chi connectivity index (χ0) is 10.7. The van der Waals surface area contributed by atoms with Crippen LogP contribution in [-0.2, 0) is 15.2 Å². The first-order valence-corrected chi connectivity index (χ1v) is 6.86. The lowest BCUT2D eigenvalue weighted by atomic mass is 10.2. The fraction of sp³-hybridized carbons (Fsp3) is 0.500. The fourth-order valence-corrected chi connectivity index (χ4v) is 3.31. The van der Waals surface area contributed by atoms with E-state index in [1.165, 1.54) is 16.2 Å². The number of hydrogen-bond acceptors (Lipinski definition) is 5. The largest absolute Gasteiger partial charge is 0.346 e. The topological polar surface area (TPSA) is 35.5 Å². The van der Waals surface area contributed by atoms with E-state index in [-0.39, 0.29) is 6.29 Å². The molecule has 0 bridgehead atoms. The van der Waals surface area contributed by atoms with E-state index >= 15 is 0 Å². The third kappa shape index (κ3) is 2.42. The maximum atomic E-state index is 10.7. The lowest BCUT2D eigenvalue weighted by Crippen LogP contribution is -1.98. The summed E-state index contributed by atoms with van der Waals surface area (Å²) in [6.07, 6.45) is 2.66. The second-order valence-corrected chi connectivity index (χ2v) is 5.19. The van der Waals surface area contributed by atoms with E-state index in [1.807, 2.05) is 12.3 Å². The molecular weight excluding hydrogens is 232 g/mol. The SMILES string of the molecule is CSCc1sc(C=O)cc1C1OCCO1. The zero-order valence-electron chi connectivity index (χ0n) is 8.39. The Morgan fingerprint density at radius 3 is 2.93 bits per heavy atom. The van der Waals surface area contributed by atoms with Gasteiger partial charge in [0.1, 0.15) is 0 Å². The Balaban J connectivity index is 2.25. The van der Waals surface area contributed by atoms with Crippen molar-refractivity contribution in [2.24, 2.45) is 0 Å². The summed E-state index contributed by atoms with van der Waals surface area (Å²) in [6, 6.07) is 1.87. The monoisotopic (exact) mass is 244 g/mol. The summed E-state index contributed by atoms with van der Waals surface area (Å²) in [7, 11) is 0. The molecule has 0 amide bonds. The molecule has 0 saturated carbocycles. The maximum Gasteiger partial charge on any atom is 0.185 e. The van der Waals surface area contributed by atoms with E-state index in [2.05, 4.69) is 0 Å². The molecule has 0 aliphatic carbocycles. The predicted molar refractivity (Wildman–Crippen MR) is 61.6 cm³/mol. The van der Waals surface area contributed by atoms with Crippen molar-refractivity contribution in [3.05, 3.63) is 21.4 Å². The van der Waals surface area contributed by atoms with Crippen LogP contribution in [0.4, 0.5) is 0 Å². The molecule has 0 unspecified atom stereocenters. The van der Waals surface area contributed by atoms with Gasteiger partial charge in [0.2, 0.25) is 0 Å². The van der Waals surface area contributed by atoms with Crippen molar-refractivity contribution in [3.63, 3.8) is 0 Å². The zero-order valence-corrected chi connectivity index (χ0v) is 10.0. The summed E-state index contributed by atoms with van der Waals surface area (Å²) in [5.41, 5.74) is 1.02. The standard InChI is InChI=1S/C10H12O3S2/c1-14-6-9-8(4-7(5-11)15-9)10-12-2-3-13-10/h4-5,10H,2-3,6H2,1H3. The van der Waals surface area contributed by atoms with Crippen molar-refractivity contribution < 1.29 is 14.3 Å². The highest BCUT2D eigenvalue weighted by Gasteiger charge is 2.23. The van der Waals surface area contributed by atoms with Crippen LogP contribution in [0.5, 0.6) is 0 Å². The fourth-order valence-electron chi connectivity index (χ4n) is 1.50. The van der Waals surface area contributed by atoms with Gasteiger partial charge in [0.15, 0.2) is 12.6 Å². The van der Waals surface area contributed by atoms with Crippen LogP contribution in [0.25, 0.3) is 0 Å². The number of ether oxygens (including phenoxy) is 2. The molecule has 1 aliphatic rings. The normalized spacial score (nSPS) is 17.1. The molecule has 5 heteroatoms. The molecule has 1 aliphatic heterocycles. The van der Waals surface area contributed by atoms with Crippen molar-refractivity contribution in [3.8, 4) is 0 Å².